The van der Waals surface area contributed by atoms with E-state index < -0.39 is 11.9 Å². The number of aryl methyl sites for hydroxylation is 2. The Kier molecular flexibility index (Phi) is 9.22. The molecule has 0 unspecified atom stereocenters. The van der Waals surface area contributed by atoms with Gasteiger partial charge in [0.25, 0.3) is 0 Å². The first-order chi connectivity index (χ1) is 19.1. The van der Waals surface area contributed by atoms with Crippen LogP contribution in [-0.2, 0) is 17.6 Å². The molecule has 5 rings (SSSR count). The fourth-order valence-corrected chi connectivity index (χ4v) is 5.89. The molecule has 2 aliphatic heterocycles. The van der Waals surface area contributed by atoms with Crippen LogP contribution in [-0.4, -0.2) is 60.2 Å². The van der Waals surface area contributed by atoms with Crippen molar-refractivity contribution in [1.29, 1.82) is 0 Å². The number of piperidine rings is 1. The van der Waals surface area contributed by atoms with Gasteiger partial charge in [-0.05, 0) is 99.0 Å². The van der Waals surface area contributed by atoms with Crippen molar-refractivity contribution >= 4 is 11.8 Å². The molecular weight excluding hydrogens is 491 g/mol. The lowest BCUT2D eigenvalue weighted by Crippen LogP contribution is -2.41. The standard InChI is InChI=1S/C32H39FN4O2/c33-30-15-13-26(19-28(30)24-8-2-1-3-9-24)29(32(38)39)21-34-20-23-7-5-17-37(22-23)18-6-11-27-14-12-25-10-4-16-35-31(25)36-27/h1-3,8-9,12-15,19,23,29,34H,4-7,10-11,16-18,20-22H2,(H,35,36)(H,38,39)/t23-,29+/m0/s1. The molecule has 0 saturated carbocycles. The molecule has 0 bridgehead atoms. The number of carbonyl (C=O) groups is 1. The van der Waals surface area contributed by atoms with Crippen LogP contribution in [0.3, 0.4) is 0 Å². The summed E-state index contributed by atoms with van der Waals surface area (Å²) in [5.74, 6) is -0.411. The summed E-state index contributed by atoms with van der Waals surface area (Å²) < 4.78 is 14.5. The Morgan fingerprint density at radius 3 is 2.87 bits per heavy atom. The van der Waals surface area contributed by atoms with Gasteiger partial charge < -0.3 is 20.6 Å². The highest BCUT2D eigenvalue weighted by atomic mass is 19.1. The molecule has 1 fully saturated rings. The van der Waals surface area contributed by atoms with Crippen LogP contribution in [0, 0.1) is 11.7 Å². The first-order valence-electron chi connectivity index (χ1n) is 14.3. The lowest BCUT2D eigenvalue weighted by atomic mass is 9.93. The number of hydrogen-bond acceptors (Lipinski definition) is 5. The van der Waals surface area contributed by atoms with Gasteiger partial charge >= 0.3 is 5.97 Å². The number of pyridine rings is 1. The first-order valence-corrected chi connectivity index (χ1v) is 14.3. The van der Waals surface area contributed by atoms with Gasteiger partial charge in [0.1, 0.15) is 11.6 Å². The highest BCUT2D eigenvalue weighted by molar-refractivity contribution is 5.77. The first kappa shape index (κ1) is 27.3. The molecule has 0 aliphatic carbocycles. The largest absolute Gasteiger partial charge is 0.481 e. The molecule has 1 aromatic heterocycles. The van der Waals surface area contributed by atoms with E-state index in [4.69, 9.17) is 4.98 Å². The van der Waals surface area contributed by atoms with E-state index in [-0.39, 0.29) is 5.82 Å². The minimum absolute atomic E-state index is 0.323. The van der Waals surface area contributed by atoms with Crippen LogP contribution in [0.4, 0.5) is 10.2 Å². The third-order valence-electron chi connectivity index (χ3n) is 8.02. The van der Waals surface area contributed by atoms with Gasteiger partial charge in [-0.1, -0.05) is 42.5 Å². The Labute approximate surface area is 230 Å². The number of nitrogens with zero attached hydrogens (tertiary/aromatic N) is 2. The van der Waals surface area contributed by atoms with Crippen molar-refractivity contribution in [3.05, 3.63) is 83.3 Å². The molecule has 2 aromatic carbocycles. The van der Waals surface area contributed by atoms with Crippen LogP contribution in [0.2, 0.25) is 0 Å². The molecule has 3 N–H and O–H groups in total. The molecule has 3 heterocycles. The number of nitrogens with one attached hydrogen (secondary N) is 2. The second-order valence-electron chi connectivity index (χ2n) is 10.9. The zero-order chi connectivity index (χ0) is 27.0. The van der Waals surface area contributed by atoms with Crippen LogP contribution >= 0.6 is 0 Å². The summed E-state index contributed by atoms with van der Waals surface area (Å²) in [5, 5.41) is 16.8. The Balaban J connectivity index is 1.10. The van der Waals surface area contributed by atoms with Crippen LogP contribution < -0.4 is 10.6 Å². The van der Waals surface area contributed by atoms with E-state index in [2.05, 4.69) is 27.7 Å². The summed E-state index contributed by atoms with van der Waals surface area (Å²) in [6.45, 7) is 5.31. The fraction of sp³-hybridized carbons (Fsp3) is 0.438. The van der Waals surface area contributed by atoms with Gasteiger partial charge in [0.15, 0.2) is 0 Å². The zero-order valence-electron chi connectivity index (χ0n) is 22.5. The van der Waals surface area contributed by atoms with E-state index in [1.165, 1.54) is 18.1 Å². The SMILES string of the molecule is O=C(O)[C@H](CNC[C@@H]1CCCN(CCCc2ccc3c(n2)NCCC3)C1)c1ccc(F)c(-c2ccccc2)c1. The average Bonchev–Trinajstić information content (AvgIpc) is 2.96. The van der Waals surface area contributed by atoms with Crippen molar-refractivity contribution in [3.8, 4) is 11.1 Å². The van der Waals surface area contributed by atoms with Crippen LogP contribution in [0.5, 0.6) is 0 Å². The normalized spacial score (nSPS) is 18.2. The van der Waals surface area contributed by atoms with Gasteiger partial charge in [-0.25, -0.2) is 9.37 Å². The number of carboxylic acid groups (broad SMARTS) is 1. The lowest BCUT2D eigenvalue weighted by molar-refractivity contribution is -0.138. The number of rotatable bonds is 11. The zero-order valence-corrected chi connectivity index (χ0v) is 22.5. The molecule has 39 heavy (non-hydrogen) atoms. The number of fused-ring (bicyclic) bond motifs is 1. The van der Waals surface area contributed by atoms with E-state index in [1.807, 2.05) is 30.3 Å². The maximum absolute atomic E-state index is 14.5. The van der Waals surface area contributed by atoms with Gasteiger partial charge in [0, 0.05) is 30.9 Å². The van der Waals surface area contributed by atoms with Crippen molar-refractivity contribution in [2.24, 2.45) is 5.92 Å². The predicted molar refractivity (Wildman–Crippen MR) is 154 cm³/mol. The highest BCUT2D eigenvalue weighted by Gasteiger charge is 2.24. The minimum atomic E-state index is -0.899. The topological polar surface area (TPSA) is 77.5 Å². The Morgan fingerprint density at radius 1 is 1.15 bits per heavy atom. The van der Waals surface area contributed by atoms with Crippen LogP contribution in [0.15, 0.2) is 60.7 Å². The number of benzene rings is 2. The van der Waals surface area contributed by atoms with Gasteiger partial charge in [0.2, 0.25) is 0 Å². The Bertz CT molecular complexity index is 1250. The van der Waals surface area contributed by atoms with Crippen LogP contribution in [0.1, 0.15) is 48.4 Å². The molecule has 0 spiro atoms. The molecule has 1 saturated heterocycles. The minimum Gasteiger partial charge on any atom is -0.481 e. The second-order valence-corrected chi connectivity index (χ2v) is 10.9. The number of likely N-dealkylation sites (tertiary alicyclic amines) is 1. The van der Waals surface area contributed by atoms with Crippen molar-refractivity contribution in [3.63, 3.8) is 0 Å². The lowest BCUT2D eigenvalue weighted by Gasteiger charge is -2.33. The molecule has 0 amide bonds. The number of anilines is 1. The summed E-state index contributed by atoms with van der Waals surface area (Å²) in [6.07, 6.45) is 6.67. The summed E-state index contributed by atoms with van der Waals surface area (Å²) in [5.41, 5.74) is 4.29. The van der Waals surface area contributed by atoms with Gasteiger partial charge in [0.05, 0.1) is 5.92 Å². The summed E-state index contributed by atoms with van der Waals surface area (Å²) in [4.78, 5) is 19.5. The molecule has 2 atom stereocenters. The number of halogens is 1. The summed E-state index contributed by atoms with van der Waals surface area (Å²) >= 11 is 0. The third kappa shape index (κ3) is 7.22. The second kappa shape index (κ2) is 13.2. The summed E-state index contributed by atoms with van der Waals surface area (Å²) in [6, 6.07) is 18.3. The summed E-state index contributed by atoms with van der Waals surface area (Å²) in [7, 11) is 0. The third-order valence-corrected chi connectivity index (χ3v) is 8.02. The van der Waals surface area contributed by atoms with Crippen LogP contribution in [0.25, 0.3) is 11.1 Å². The smallest absolute Gasteiger partial charge is 0.312 e. The van der Waals surface area contributed by atoms with Crippen molar-refractivity contribution < 1.29 is 14.3 Å². The molecule has 0 radical (unpaired) electrons. The Morgan fingerprint density at radius 2 is 2.03 bits per heavy atom. The average molecular weight is 531 g/mol. The van der Waals surface area contributed by atoms with E-state index in [0.29, 0.717) is 23.6 Å². The van der Waals surface area contributed by atoms with E-state index in [9.17, 15) is 14.3 Å². The van der Waals surface area contributed by atoms with Crippen molar-refractivity contribution in [2.75, 3.05) is 44.6 Å². The predicted octanol–water partition coefficient (Wildman–Crippen LogP) is 5.35. The van der Waals surface area contributed by atoms with Crippen molar-refractivity contribution in [2.45, 2.75) is 44.4 Å². The van der Waals surface area contributed by atoms with Crippen molar-refractivity contribution in [1.82, 2.24) is 15.2 Å². The highest BCUT2D eigenvalue weighted by Crippen LogP contribution is 2.27. The molecular formula is C32H39FN4O2. The van der Waals surface area contributed by atoms with E-state index in [0.717, 1.165) is 81.9 Å². The number of aliphatic carboxylic acids is 1. The van der Waals surface area contributed by atoms with E-state index in [1.54, 1.807) is 12.1 Å². The molecule has 6 nitrogen and oxygen atoms in total. The molecule has 206 valence electrons. The number of aromatic nitrogens is 1. The number of carboxylic acids is 1. The quantitative estimate of drug-likeness (QED) is 0.310. The maximum Gasteiger partial charge on any atom is 0.312 e. The monoisotopic (exact) mass is 530 g/mol. The Hall–Kier alpha value is -3.29. The van der Waals surface area contributed by atoms with Gasteiger partial charge in [-0.3, -0.25) is 4.79 Å². The van der Waals surface area contributed by atoms with Gasteiger partial charge in [-0.2, -0.15) is 0 Å². The fourth-order valence-electron chi connectivity index (χ4n) is 5.89. The van der Waals surface area contributed by atoms with E-state index >= 15 is 0 Å². The van der Waals surface area contributed by atoms with Gasteiger partial charge in [-0.15, -0.1) is 0 Å². The molecule has 7 heteroatoms. The molecule has 3 aromatic rings. The number of hydrogen-bond donors (Lipinski definition) is 3. The maximum atomic E-state index is 14.5. The molecule has 2 aliphatic rings.